The summed E-state index contributed by atoms with van der Waals surface area (Å²) in [5.41, 5.74) is -0.166. The van der Waals surface area contributed by atoms with E-state index in [1.807, 2.05) is 0 Å². The fraction of sp³-hybridized carbons (Fsp3) is 0.600. The van der Waals surface area contributed by atoms with Gasteiger partial charge in [0.15, 0.2) is 0 Å². The summed E-state index contributed by atoms with van der Waals surface area (Å²) in [7, 11) is 0. The largest absolute Gasteiger partial charge is 0.350 e. The molecule has 0 saturated carbocycles. The Morgan fingerprint density at radius 1 is 1.21 bits per heavy atom. The number of H-pyrrole nitrogens is 1. The van der Waals surface area contributed by atoms with Gasteiger partial charge in [-0.05, 0) is 33.8 Å². The zero-order chi connectivity index (χ0) is 10.7. The molecule has 1 rings (SSSR count). The van der Waals surface area contributed by atoms with Crippen molar-refractivity contribution in [3.8, 4) is 0 Å². The van der Waals surface area contributed by atoms with Crippen molar-refractivity contribution in [1.82, 2.24) is 10.2 Å². The lowest BCUT2D eigenvalue weighted by molar-refractivity contribution is 0.595. The van der Waals surface area contributed by atoms with Gasteiger partial charge < -0.3 is 4.90 Å². The molecular formula is C10H17N3O. The predicted octanol–water partition coefficient (Wildman–Crippen LogP) is 1.39. The third-order valence-electron chi connectivity index (χ3n) is 2.04. The smallest absolute Gasteiger partial charge is 0.264 e. The van der Waals surface area contributed by atoms with Crippen LogP contribution in [-0.4, -0.2) is 22.3 Å². The Morgan fingerprint density at radius 3 is 2.14 bits per heavy atom. The van der Waals surface area contributed by atoms with E-state index in [2.05, 4.69) is 42.8 Å². The fourth-order valence-corrected chi connectivity index (χ4v) is 1.61. The van der Waals surface area contributed by atoms with E-state index < -0.39 is 0 Å². The summed E-state index contributed by atoms with van der Waals surface area (Å²) in [6.45, 7) is 8.42. The molecule has 0 atom stereocenters. The Hall–Kier alpha value is -1.32. The van der Waals surface area contributed by atoms with Crippen molar-refractivity contribution in [2.24, 2.45) is 0 Å². The van der Waals surface area contributed by atoms with Crippen LogP contribution in [0.5, 0.6) is 0 Å². The first-order valence-electron chi connectivity index (χ1n) is 4.86. The highest BCUT2D eigenvalue weighted by molar-refractivity contribution is 5.38. The van der Waals surface area contributed by atoms with Crippen molar-refractivity contribution in [3.63, 3.8) is 0 Å². The highest BCUT2D eigenvalue weighted by Gasteiger charge is 2.14. The number of hydrogen-bond acceptors (Lipinski definition) is 3. The molecule has 0 saturated heterocycles. The van der Waals surface area contributed by atoms with Crippen LogP contribution in [0, 0.1) is 0 Å². The second-order valence-corrected chi connectivity index (χ2v) is 3.87. The van der Waals surface area contributed by atoms with Gasteiger partial charge >= 0.3 is 0 Å². The lowest BCUT2D eigenvalue weighted by atomic mass is 10.2. The van der Waals surface area contributed by atoms with E-state index >= 15 is 0 Å². The van der Waals surface area contributed by atoms with Gasteiger partial charge in [0.05, 0.1) is 0 Å². The Labute approximate surface area is 84.0 Å². The van der Waals surface area contributed by atoms with E-state index in [0.29, 0.717) is 12.1 Å². The summed E-state index contributed by atoms with van der Waals surface area (Å²) in [5, 5.41) is 6.45. The zero-order valence-electron chi connectivity index (χ0n) is 9.11. The summed E-state index contributed by atoms with van der Waals surface area (Å²) in [5.74, 6) is 0.814. The minimum absolute atomic E-state index is 0.166. The number of anilines is 1. The topological polar surface area (TPSA) is 49.0 Å². The number of nitrogens with zero attached hydrogens (tertiary/aromatic N) is 2. The molecule has 1 aromatic rings. The van der Waals surface area contributed by atoms with Gasteiger partial charge in [0.25, 0.3) is 5.56 Å². The minimum atomic E-state index is -0.166. The maximum absolute atomic E-state index is 10.8. The highest BCUT2D eigenvalue weighted by atomic mass is 16.1. The van der Waals surface area contributed by atoms with E-state index in [1.54, 1.807) is 6.07 Å². The molecule has 0 aliphatic heterocycles. The molecule has 1 heterocycles. The van der Waals surface area contributed by atoms with Gasteiger partial charge in [-0.3, -0.25) is 4.79 Å². The van der Waals surface area contributed by atoms with Crippen LogP contribution < -0.4 is 10.5 Å². The van der Waals surface area contributed by atoms with Gasteiger partial charge in [0.2, 0.25) is 0 Å². The van der Waals surface area contributed by atoms with E-state index in [1.165, 1.54) is 6.07 Å². The molecule has 4 heteroatoms. The summed E-state index contributed by atoms with van der Waals surface area (Å²) in [4.78, 5) is 13.0. The summed E-state index contributed by atoms with van der Waals surface area (Å²) in [6, 6.07) is 3.99. The molecule has 78 valence electrons. The normalized spacial score (nSPS) is 11.0. The Balaban J connectivity index is 2.99. The van der Waals surface area contributed by atoms with Crippen molar-refractivity contribution in [2.45, 2.75) is 39.8 Å². The van der Waals surface area contributed by atoms with E-state index in [9.17, 15) is 4.79 Å². The molecule has 0 aliphatic carbocycles. The number of nitrogens with one attached hydrogen (secondary N) is 1. The van der Waals surface area contributed by atoms with Gasteiger partial charge in [0.1, 0.15) is 5.82 Å². The Kier molecular flexibility index (Phi) is 3.28. The van der Waals surface area contributed by atoms with Crippen LogP contribution in [0.3, 0.4) is 0 Å². The molecule has 0 aliphatic rings. The van der Waals surface area contributed by atoms with Crippen LogP contribution in [0.1, 0.15) is 27.7 Å². The molecule has 1 N–H and O–H groups in total. The standard InChI is InChI=1S/C10H17N3O/c1-7(2)13(8(3)4)9-5-6-10(14)12-11-9/h5-8H,1-4H3,(H,12,14). The van der Waals surface area contributed by atoms with Gasteiger partial charge in [-0.15, -0.1) is 0 Å². The quantitative estimate of drug-likeness (QED) is 0.793. The van der Waals surface area contributed by atoms with Crippen LogP contribution in [0.4, 0.5) is 5.82 Å². The number of rotatable bonds is 3. The average molecular weight is 195 g/mol. The van der Waals surface area contributed by atoms with Gasteiger partial charge in [0, 0.05) is 18.2 Å². The molecule has 0 spiro atoms. The fourth-order valence-electron chi connectivity index (χ4n) is 1.61. The Morgan fingerprint density at radius 2 is 1.79 bits per heavy atom. The minimum Gasteiger partial charge on any atom is -0.350 e. The first-order chi connectivity index (χ1) is 6.52. The number of aromatic amines is 1. The molecule has 0 bridgehead atoms. The first-order valence-corrected chi connectivity index (χ1v) is 4.86. The molecule has 0 amide bonds. The molecule has 0 unspecified atom stereocenters. The average Bonchev–Trinajstić information content (AvgIpc) is 2.07. The van der Waals surface area contributed by atoms with E-state index in [4.69, 9.17) is 0 Å². The van der Waals surface area contributed by atoms with Crippen LogP contribution in [0.25, 0.3) is 0 Å². The summed E-state index contributed by atoms with van der Waals surface area (Å²) >= 11 is 0. The third-order valence-corrected chi connectivity index (χ3v) is 2.04. The molecule has 0 fully saturated rings. The summed E-state index contributed by atoms with van der Waals surface area (Å²) in [6.07, 6.45) is 0. The third kappa shape index (κ3) is 2.34. The van der Waals surface area contributed by atoms with Crippen LogP contribution >= 0.6 is 0 Å². The van der Waals surface area contributed by atoms with E-state index in [0.717, 1.165) is 5.82 Å². The molecule has 14 heavy (non-hydrogen) atoms. The van der Waals surface area contributed by atoms with Crippen molar-refractivity contribution < 1.29 is 0 Å². The molecule has 4 nitrogen and oxygen atoms in total. The van der Waals surface area contributed by atoms with Crippen LogP contribution in [0.2, 0.25) is 0 Å². The molecule has 1 aromatic heterocycles. The van der Waals surface area contributed by atoms with Gasteiger partial charge in [-0.25, -0.2) is 5.10 Å². The lowest BCUT2D eigenvalue weighted by Crippen LogP contribution is -2.38. The van der Waals surface area contributed by atoms with Crippen LogP contribution in [0.15, 0.2) is 16.9 Å². The van der Waals surface area contributed by atoms with Crippen molar-refractivity contribution in [2.75, 3.05) is 4.90 Å². The molecular weight excluding hydrogens is 178 g/mol. The second-order valence-electron chi connectivity index (χ2n) is 3.87. The van der Waals surface area contributed by atoms with Gasteiger partial charge in [-0.2, -0.15) is 5.10 Å². The van der Waals surface area contributed by atoms with Crippen LogP contribution in [-0.2, 0) is 0 Å². The Bertz CT molecular complexity index is 315. The maximum Gasteiger partial charge on any atom is 0.264 e. The van der Waals surface area contributed by atoms with Crippen molar-refractivity contribution in [1.29, 1.82) is 0 Å². The monoisotopic (exact) mass is 195 g/mol. The van der Waals surface area contributed by atoms with Gasteiger partial charge in [-0.1, -0.05) is 0 Å². The van der Waals surface area contributed by atoms with Crippen molar-refractivity contribution in [3.05, 3.63) is 22.5 Å². The number of aromatic nitrogens is 2. The lowest BCUT2D eigenvalue weighted by Gasteiger charge is -2.31. The maximum atomic E-state index is 10.8. The molecule has 0 radical (unpaired) electrons. The zero-order valence-corrected chi connectivity index (χ0v) is 9.11. The second kappa shape index (κ2) is 4.26. The SMILES string of the molecule is CC(C)N(c1ccc(=O)[nH]n1)C(C)C. The predicted molar refractivity (Wildman–Crippen MR) is 57.6 cm³/mol. The van der Waals surface area contributed by atoms with Crippen molar-refractivity contribution >= 4 is 5.82 Å². The first kappa shape index (κ1) is 10.8. The molecule has 0 aromatic carbocycles. The summed E-state index contributed by atoms with van der Waals surface area (Å²) < 4.78 is 0. The van der Waals surface area contributed by atoms with E-state index in [-0.39, 0.29) is 5.56 Å². The number of hydrogen-bond donors (Lipinski definition) is 1. The highest BCUT2D eigenvalue weighted by Crippen LogP contribution is 2.14.